The number of nitriles is 1. The summed E-state index contributed by atoms with van der Waals surface area (Å²) in [6, 6.07) is 2.31. The molecule has 1 heterocycles. The lowest BCUT2D eigenvalue weighted by Gasteiger charge is -2.07. The maximum Gasteiger partial charge on any atom is 0.356 e. The lowest BCUT2D eigenvalue weighted by molar-refractivity contribution is 0.0593. The molecule has 2 N–H and O–H groups in total. The molecule has 0 aliphatic carbocycles. The van der Waals surface area contributed by atoms with Crippen molar-refractivity contribution in [2.24, 2.45) is 0 Å². The Morgan fingerprint density at radius 3 is 2.75 bits per heavy atom. The van der Waals surface area contributed by atoms with E-state index in [0.29, 0.717) is 0 Å². The average molecular weight is 227 g/mol. The fourth-order valence-corrected chi connectivity index (χ4v) is 1.09. The Labute approximate surface area is 89.4 Å². The summed E-state index contributed by atoms with van der Waals surface area (Å²) in [6.07, 6.45) is -2.91. The summed E-state index contributed by atoms with van der Waals surface area (Å²) in [5, 5.41) is 8.62. The molecule has 0 aliphatic rings. The van der Waals surface area contributed by atoms with E-state index in [1.807, 2.05) is 0 Å². The Kier molecular flexibility index (Phi) is 3.35. The zero-order valence-electron chi connectivity index (χ0n) is 8.20. The number of alkyl halides is 2. The number of hydrogen-bond acceptors (Lipinski definition) is 5. The number of aromatic nitrogens is 1. The number of nitrogens with two attached hydrogens (primary N) is 1. The predicted octanol–water partition coefficient (Wildman–Crippen LogP) is 1.26. The van der Waals surface area contributed by atoms with Crippen LogP contribution >= 0.6 is 0 Å². The molecule has 1 rings (SSSR count). The molecule has 5 nitrogen and oxygen atoms in total. The smallest absolute Gasteiger partial charge is 0.356 e. The van der Waals surface area contributed by atoms with E-state index in [9.17, 15) is 13.6 Å². The van der Waals surface area contributed by atoms with Gasteiger partial charge < -0.3 is 10.5 Å². The second-order valence-corrected chi connectivity index (χ2v) is 2.76. The number of halogens is 2. The van der Waals surface area contributed by atoms with Crippen LogP contribution in [-0.4, -0.2) is 18.1 Å². The van der Waals surface area contributed by atoms with Crippen molar-refractivity contribution in [3.63, 3.8) is 0 Å². The van der Waals surface area contributed by atoms with E-state index in [1.165, 1.54) is 6.07 Å². The van der Waals surface area contributed by atoms with E-state index in [1.54, 1.807) is 0 Å². The topological polar surface area (TPSA) is 89.0 Å². The van der Waals surface area contributed by atoms with Gasteiger partial charge in [-0.2, -0.15) is 5.26 Å². The van der Waals surface area contributed by atoms with Crippen LogP contribution in [0.4, 0.5) is 14.6 Å². The van der Waals surface area contributed by atoms with E-state index < -0.39 is 29.3 Å². The quantitative estimate of drug-likeness (QED) is 0.768. The molecule has 0 fully saturated rings. The summed E-state index contributed by atoms with van der Waals surface area (Å²) in [5.41, 5.74) is 3.88. The Balaban J connectivity index is 3.41. The summed E-state index contributed by atoms with van der Waals surface area (Å²) in [6.45, 7) is 0. The van der Waals surface area contributed by atoms with Crippen molar-refractivity contribution < 1.29 is 18.3 Å². The third-order valence-corrected chi connectivity index (χ3v) is 1.82. The van der Waals surface area contributed by atoms with Crippen LogP contribution in [0, 0.1) is 11.3 Å². The van der Waals surface area contributed by atoms with Gasteiger partial charge in [0.25, 0.3) is 6.43 Å². The number of hydrogen-bond donors (Lipinski definition) is 1. The summed E-state index contributed by atoms with van der Waals surface area (Å²) < 4.78 is 29.4. The van der Waals surface area contributed by atoms with Crippen LogP contribution in [0.3, 0.4) is 0 Å². The number of carbonyl (C=O) groups excluding carboxylic acids is 1. The van der Waals surface area contributed by atoms with Gasteiger partial charge in [0.2, 0.25) is 0 Å². The second-order valence-electron chi connectivity index (χ2n) is 2.76. The van der Waals surface area contributed by atoms with E-state index in [2.05, 4.69) is 9.72 Å². The van der Waals surface area contributed by atoms with Crippen LogP contribution in [0.2, 0.25) is 0 Å². The maximum absolute atomic E-state index is 12.6. The van der Waals surface area contributed by atoms with E-state index in [0.717, 1.165) is 13.2 Å². The maximum atomic E-state index is 12.6. The van der Waals surface area contributed by atoms with E-state index >= 15 is 0 Å². The Hall–Kier alpha value is -2.23. The zero-order valence-corrected chi connectivity index (χ0v) is 8.20. The van der Waals surface area contributed by atoms with Gasteiger partial charge in [0.1, 0.15) is 17.5 Å². The zero-order chi connectivity index (χ0) is 12.3. The molecule has 1 aromatic rings. The van der Waals surface area contributed by atoms with Crippen LogP contribution in [0.15, 0.2) is 6.07 Å². The molecule has 0 spiro atoms. The molecule has 84 valence electrons. The van der Waals surface area contributed by atoms with Gasteiger partial charge in [-0.25, -0.2) is 18.6 Å². The molecule has 1 aromatic heterocycles. The van der Waals surface area contributed by atoms with Crippen LogP contribution in [0.5, 0.6) is 0 Å². The van der Waals surface area contributed by atoms with Gasteiger partial charge in [0.05, 0.1) is 7.11 Å². The Morgan fingerprint density at radius 1 is 1.69 bits per heavy atom. The summed E-state index contributed by atoms with van der Waals surface area (Å²) in [5.74, 6) is -1.31. The molecule has 0 aromatic carbocycles. The molecule has 0 aliphatic heterocycles. The molecule has 0 radical (unpaired) electrons. The fraction of sp³-hybridized carbons (Fsp3) is 0.222. The summed E-state index contributed by atoms with van der Waals surface area (Å²) >= 11 is 0. The van der Waals surface area contributed by atoms with Gasteiger partial charge in [0.15, 0.2) is 5.69 Å². The molecule has 0 unspecified atom stereocenters. The number of anilines is 1. The number of esters is 1. The number of carbonyl (C=O) groups is 1. The summed E-state index contributed by atoms with van der Waals surface area (Å²) in [4.78, 5) is 14.6. The third-order valence-electron chi connectivity index (χ3n) is 1.82. The van der Waals surface area contributed by atoms with Crippen LogP contribution in [0.1, 0.15) is 28.0 Å². The number of nitrogen functional groups attached to an aromatic ring is 1. The van der Waals surface area contributed by atoms with E-state index in [-0.39, 0.29) is 5.69 Å². The molecule has 0 saturated heterocycles. The Morgan fingerprint density at radius 2 is 2.31 bits per heavy atom. The fourth-order valence-electron chi connectivity index (χ4n) is 1.09. The molecular weight excluding hydrogens is 220 g/mol. The molecule has 16 heavy (non-hydrogen) atoms. The minimum absolute atomic E-state index is 0.352. The van der Waals surface area contributed by atoms with Gasteiger partial charge in [-0.05, 0) is 6.07 Å². The molecule has 0 atom stereocenters. The van der Waals surface area contributed by atoms with Crippen molar-refractivity contribution in [1.29, 1.82) is 5.26 Å². The summed E-state index contributed by atoms with van der Waals surface area (Å²) in [7, 11) is 1.08. The highest BCUT2D eigenvalue weighted by molar-refractivity contribution is 5.88. The highest BCUT2D eigenvalue weighted by atomic mass is 19.3. The van der Waals surface area contributed by atoms with Crippen LogP contribution in [-0.2, 0) is 4.74 Å². The molecular formula is C9H7F2N3O2. The molecule has 0 amide bonds. The number of nitrogens with zero attached hydrogens (tertiary/aromatic N) is 2. The SMILES string of the molecule is COC(=O)c1cc(C(F)F)c(C#N)c(N)n1. The standard InChI is InChI=1S/C9H7F2N3O2/c1-16-9(15)6-2-4(7(10)11)5(3-12)8(13)14-6/h2,7H,1H3,(H2,13,14). The normalized spacial score (nSPS) is 9.94. The lowest BCUT2D eigenvalue weighted by atomic mass is 10.1. The first kappa shape index (κ1) is 11.8. The van der Waals surface area contributed by atoms with Crippen molar-refractivity contribution in [2.45, 2.75) is 6.43 Å². The predicted molar refractivity (Wildman–Crippen MR) is 49.7 cm³/mol. The largest absolute Gasteiger partial charge is 0.464 e. The van der Waals surface area contributed by atoms with Crippen molar-refractivity contribution in [2.75, 3.05) is 12.8 Å². The van der Waals surface area contributed by atoms with Gasteiger partial charge in [-0.15, -0.1) is 0 Å². The highest BCUT2D eigenvalue weighted by Gasteiger charge is 2.20. The lowest BCUT2D eigenvalue weighted by Crippen LogP contribution is -2.10. The highest BCUT2D eigenvalue weighted by Crippen LogP contribution is 2.26. The van der Waals surface area contributed by atoms with Crippen molar-refractivity contribution >= 4 is 11.8 Å². The second kappa shape index (κ2) is 4.53. The van der Waals surface area contributed by atoms with Crippen molar-refractivity contribution in [3.8, 4) is 6.07 Å². The number of pyridine rings is 1. The van der Waals surface area contributed by atoms with Crippen molar-refractivity contribution in [1.82, 2.24) is 4.98 Å². The first-order chi connectivity index (χ1) is 7.51. The number of rotatable bonds is 2. The van der Waals surface area contributed by atoms with Crippen LogP contribution < -0.4 is 5.73 Å². The Bertz CT molecular complexity index is 469. The van der Waals surface area contributed by atoms with Gasteiger partial charge in [-0.3, -0.25) is 0 Å². The monoisotopic (exact) mass is 227 g/mol. The van der Waals surface area contributed by atoms with Gasteiger partial charge >= 0.3 is 5.97 Å². The first-order valence-electron chi connectivity index (χ1n) is 4.08. The van der Waals surface area contributed by atoms with Crippen molar-refractivity contribution in [3.05, 3.63) is 22.9 Å². The molecule has 0 bridgehead atoms. The molecule has 7 heteroatoms. The first-order valence-corrected chi connectivity index (χ1v) is 4.08. The third kappa shape index (κ3) is 2.06. The van der Waals surface area contributed by atoms with E-state index in [4.69, 9.17) is 11.0 Å². The average Bonchev–Trinajstić information content (AvgIpc) is 2.26. The minimum atomic E-state index is -2.91. The number of methoxy groups -OCH3 is 1. The molecule has 0 saturated carbocycles. The number of ether oxygens (including phenoxy) is 1. The van der Waals surface area contributed by atoms with Crippen LogP contribution in [0.25, 0.3) is 0 Å². The minimum Gasteiger partial charge on any atom is -0.464 e. The van der Waals surface area contributed by atoms with Gasteiger partial charge in [-0.1, -0.05) is 0 Å². The van der Waals surface area contributed by atoms with Gasteiger partial charge in [0, 0.05) is 5.56 Å².